The molecule has 0 radical (unpaired) electrons. The third-order valence-electron chi connectivity index (χ3n) is 2.21. The van der Waals surface area contributed by atoms with Crippen LogP contribution in [-0.2, 0) is 0 Å². The zero-order valence-corrected chi connectivity index (χ0v) is 10.4. The molecule has 1 aromatic rings. The quantitative estimate of drug-likeness (QED) is 0.776. The van der Waals surface area contributed by atoms with Crippen molar-refractivity contribution in [3.05, 3.63) is 23.3 Å². The van der Waals surface area contributed by atoms with Crippen LogP contribution in [0, 0.1) is 0 Å². The standard InChI is InChI=1S/C12H16N2O4/c1-3-17-9-5-8(12(14)16)10(18-4-2)6-7(9)11(13)15/h5-6H,3-4H2,1-2H3,(H2,13,15)(H2,14,16). The van der Waals surface area contributed by atoms with Gasteiger partial charge in [-0.2, -0.15) is 0 Å². The number of rotatable bonds is 6. The van der Waals surface area contributed by atoms with Crippen LogP contribution in [0.5, 0.6) is 11.5 Å². The van der Waals surface area contributed by atoms with Crippen molar-refractivity contribution in [3.8, 4) is 11.5 Å². The molecule has 0 aliphatic heterocycles. The van der Waals surface area contributed by atoms with E-state index in [9.17, 15) is 9.59 Å². The van der Waals surface area contributed by atoms with Crippen molar-refractivity contribution in [2.24, 2.45) is 11.5 Å². The van der Waals surface area contributed by atoms with Gasteiger partial charge in [0.2, 0.25) is 0 Å². The number of nitrogens with two attached hydrogens (primary N) is 2. The van der Waals surface area contributed by atoms with Gasteiger partial charge in [-0.15, -0.1) is 0 Å². The molecule has 0 unspecified atom stereocenters. The minimum Gasteiger partial charge on any atom is -0.493 e. The number of amides is 2. The lowest BCUT2D eigenvalue weighted by atomic mass is 10.1. The van der Waals surface area contributed by atoms with Crippen molar-refractivity contribution >= 4 is 11.8 Å². The molecule has 0 bridgehead atoms. The van der Waals surface area contributed by atoms with Gasteiger partial charge in [0.1, 0.15) is 11.5 Å². The van der Waals surface area contributed by atoms with Gasteiger partial charge >= 0.3 is 0 Å². The van der Waals surface area contributed by atoms with E-state index >= 15 is 0 Å². The predicted molar refractivity (Wildman–Crippen MR) is 65.8 cm³/mol. The number of benzene rings is 1. The van der Waals surface area contributed by atoms with E-state index in [4.69, 9.17) is 20.9 Å². The van der Waals surface area contributed by atoms with E-state index in [1.54, 1.807) is 13.8 Å². The Balaban J connectivity index is 3.39. The van der Waals surface area contributed by atoms with E-state index in [2.05, 4.69) is 0 Å². The van der Waals surface area contributed by atoms with Crippen LogP contribution in [0.1, 0.15) is 34.6 Å². The number of ether oxygens (including phenoxy) is 2. The number of carbonyl (C=O) groups is 2. The molecule has 0 atom stereocenters. The molecule has 1 aromatic carbocycles. The van der Waals surface area contributed by atoms with Gasteiger partial charge in [-0.25, -0.2) is 0 Å². The maximum Gasteiger partial charge on any atom is 0.252 e. The molecule has 4 N–H and O–H groups in total. The average Bonchev–Trinajstić information content (AvgIpc) is 2.30. The fraction of sp³-hybridized carbons (Fsp3) is 0.333. The highest BCUT2D eigenvalue weighted by Crippen LogP contribution is 2.28. The molecular formula is C12H16N2O4. The Labute approximate surface area is 105 Å². The van der Waals surface area contributed by atoms with Crippen molar-refractivity contribution in [1.82, 2.24) is 0 Å². The highest BCUT2D eigenvalue weighted by molar-refractivity contribution is 6.01. The van der Waals surface area contributed by atoms with Crippen LogP contribution in [-0.4, -0.2) is 25.0 Å². The summed E-state index contributed by atoms with van der Waals surface area (Å²) in [5.74, 6) is -0.865. The van der Waals surface area contributed by atoms with E-state index in [1.165, 1.54) is 12.1 Å². The first-order valence-corrected chi connectivity index (χ1v) is 5.54. The molecular weight excluding hydrogens is 236 g/mol. The lowest BCUT2D eigenvalue weighted by Gasteiger charge is -2.13. The first-order valence-electron chi connectivity index (χ1n) is 5.54. The summed E-state index contributed by atoms with van der Waals surface area (Å²) in [6.07, 6.45) is 0. The Morgan fingerprint density at radius 1 is 0.944 bits per heavy atom. The minimum atomic E-state index is -0.657. The van der Waals surface area contributed by atoms with Gasteiger partial charge in [-0.1, -0.05) is 0 Å². The predicted octanol–water partition coefficient (Wildman–Crippen LogP) is 0.682. The van der Waals surface area contributed by atoms with Crippen molar-refractivity contribution in [1.29, 1.82) is 0 Å². The Bertz CT molecular complexity index is 428. The van der Waals surface area contributed by atoms with Crippen LogP contribution in [0.2, 0.25) is 0 Å². The summed E-state index contributed by atoms with van der Waals surface area (Å²) in [5, 5.41) is 0. The van der Waals surface area contributed by atoms with Crippen molar-refractivity contribution in [3.63, 3.8) is 0 Å². The molecule has 18 heavy (non-hydrogen) atoms. The van der Waals surface area contributed by atoms with Gasteiger partial charge in [0.05, 0.1) is 24.3 Å². The highest BCUT2D eigenvalue weighted by Gasteiger charge is 2.18. The third kappa shape index (κ3) is 2.91. The molecule has 0 aliphatic carbocycles. The van der Waals surface area contributed by atoms with Crippen LogP contribution in [0.4, 0.5) is 0 Å². The van der Waals surface area contributed by atoms with Crippen LogP contribution in [0.3, 0.4) is 0 Å². The number of carbonyl (C=O) groups excluding carboxylic acids is 2. The molecule has 6 nitrogen and oxygen atoms in total. The lowest BCUT2D eigenvalue weighted by molar-refractivity contribution is 0.0981. The maximum absolute atomic E-state index is 11.3. The second-order valence-corrected chi connectivity index (χ2v) is 3.44. The molecule has 0 aromatic heterocycles. The first kappa shape index (κ1) is 13.8. The molecule has 0 saturated heterocycles. The van der Waals surface area contributed by atoms with Crippen molar-refractivity contribution in [2.45, 2.75) is 13.8 Å². The Kier molecular flexibility index (Phi) is 4.53. The maximum atomic E-state index is 11.3. The van der Waals surface area contributed by atoms with Gasteiger partial charge in [0.15, 0.2) is 0 Å². The van der Waals surface area contributed by atoms with Gasteiger partial charge in [0, 0.05) is 0 Å². The van der Waals surface area contributed by atoms with E-state index in [0.29, 0.717) is 13.2 Å². The van der Waals surface area contributed by atoms with Crippen molar-refractivity contribution in [2.75, 3.05) is 13.2 Å². The van der Waals surface area contributed by atoms with Crippen LogP contribution < -0.4 is 20.9 Å². The molecule has 0 saturated carbocycles. The Morgan fingerprint density at radius 3 is 1.50 bits per heavy atom. The summed E-state index contributed by atoms with van der Waals surface area (Å²) in [7, 11) is 0. The topological polar surface area (TPSA) is 105 Å². The second-order valence-electron chi connectivity index (χ2n) is 3.44. The van der Waals surface area contributed by atoms with Crippen LogP contribution in [0.25, 0.3) is 0 Å². The first-order chi connectivity index (χ1) is 8.51. The summed E-state index contributed by atoms with van der Waals surface area (Å²) in [5.41, 5.74) is 10.8. The smallest absolute Gasteiger partial charge is 0.252 e. The van der Waals surface area contributed by atoms with Gasteiger partial charge in [-0.3, -0.25) is 9.59 Å². The minimum absolute atomic E-state index is 0.158. The largest absolute Gasteiger partial charge is 0.493 e. The number of primary amides is 2. The van der Waals surface area contributed by atoms with E-state index in [1.807, 2.05) is 0 Å². The normalized spacial score (nSPS) is 9.89. The highest BCUT2D eigenvalue weighted by atomic mass is 16.5. The van der Waals surface area contributed by atoms with Gasteiger partial charge < -0.3 is 20.9 Å². The number of hydrogen-bond acceptors (Lipinski definition) is 4. The van der Waals surface area contributed by atoms with Crippen LogP contribution in [0.15, 0.2) is 12.1 Å². The summed E-state index contributed by atoms with van der Waals surface area (Å²) < 4.78 is 10.5. The van der Waals surface area contributed by atoms with Crippen molar-refractivity contribution < 1.29 is 19.1 Å². The van der Waals surface area contributed by atoms with Gasteiger partial charge in [0.25, 0.3) is 11.8 Å². The van der Waals surface area contributed by atoms with E-state index in [0.717, 1.165) is 0 Å². The molecule has 98 valence electrons. The summed E-state index contributed by atoms with van der Waals surface area (Å²) in [6.45, 7) is 4.19. The molecule has 0 aliphatic rings. The Morgan fingerprint density at radius 2 is 1.28 bits per heavy atom. The summed E-state index contributed by atoms with van der Waals surface area (Å²) >= 11 is 0. The summed E-state index contributed by atoms with van der Waals surface area (Å²) in [6, 6.07) is 2.74. The Hall–Kier alpha value is -2.24. The SMILES string of the molecule is CCOc1cc(C(N)=O)c(OCC)cc1C(N)=O. The molecule has 1 rings (SSSR count). The average molecular weight is 252 g/mol. The molecule has 2 amide bonds. The molecule has 0 heterocycles. The number of hydrogen-bond donors (Lipinski definition) is 2. The third-order valence-corrected chi connectivity index (χ3v) is 2.21. The monoisotopic (exact) mass is 252 g/mol. The molecule has 6 heteroatoms. The van der Waals surface area contributed by atoms with Gasteiger partial charge in [-0.05, 0) is 26.0 Å². The summed E-state index contributed by atoms with van der Waals surface area (Å²) in [4.78, 5) is 22.6. The second kappa shape index (κ2) is 5.90. The zero-order chi connectivity index (χ0) is 13.7. The van der Waals surface area contributed by atoms with Crippen LogP contribution >= 0.6 is 0 Å². The fourth-order valence-electron chi connectivity index (χ4n) is 1.49. The fourth-order valence-corrected chi connectivity index (χ4v) is 1.49. The van der Waals surface area contributed by atoms with E-state index in [-0.39, 0.29) is 22.6 Å². The molecule has 0 fully saturated rings. The zero-order valence-electron chi connectivity index (χ0n) is 10.4. The molecule has 0 spiro atoms. The lowest BCUT2D eigenvalue weighted by Crippen LogP contribution is -2.17. The van der Waals surface area contributed by atoms with E-state index < -0.39 is 11.8 Å².